The lowest BCUT2D eigenvalue weighted by Gasteiger charge is -2.20. The summed E-state index contributed by atoms with van der Waals surface area (Å²) in [5.41, 5.74) is 2.08. The molecule has 1 atom stereocenters. The van der Waals surface area contributed by atoms with Gasteiger partial charge in [0.05, 0.1) is 17.5 Å². The molecule has 0 saturated heterocycles. The van der Waals surface area contributed by atoms with Gasteiger partial charge >= 0.3 is 6.18 Å². The molecule has 0 saturated carbocycles. The molecule has 3 nitrogen and oxygen atoms in total. The zero-order valence-electron chi connectivity index (χ0n) is 17.9. The second-order valence-corrected chi connectivity index (χ2v) is 7.69. The van der Waals surface area contributed by atoms with E-state index in [2.05, 4.69) is 11.9 Å². The van der Waals surface area contributed by atoms with Gasteiger partial charge in [-0.05, 0) is 42.7 Å². The van der Waals surface area contributed by atoms with E-state index < -0.39 is 11.7 Å². The highest BCUT2D eigenvalue weighted by molar-refractivity contribution is 5.74. The van der Waals surface area contributed by atoms with Crippen molar-refractivity contribution < 1.29 is 22.7 Å². The third-order valence-electron chi connectivity index (χ3n) is 5.29. The van der Waals surface area contributed by atoms with Crippen LogP contribution >= 0.6 is 0 Å². The van der Waals surface area contributed by atoms with E-state index in [1.807, 2.05) is 12.1 Å². The number of rotatable bonds is 10. The first-order valence-electron chi connectivity index (χ1n) is 10.8. The molecule has 32 heavy (non-hydrogen) atoms. The van der Waals surface area contributed by atoms with Crippen LogP contribution in [-0.2, 0) is 6.18 Å². The number of unbranched alkanes of at least 4 members (excludes halogenated alkanes) is 3. The summed E-state index contributed by atoms with van der Waals surface area (Å²) in [5, 5.41) is 0. The minimum Gasteiger partial charge on any atom is -0.484 e. The molecule has 3 aromatic rings. The topological polar surface area (TPSA) is 39.2 Å². The SMILES string of the molecule is CCCCCCC(Oc1ccc(-c2ccc(C(F)(F)F)cc2)nc1)c1ccc(C=O)cc1. The molecule has 2 aromatic carbocycles. The summed E-state index contributed by atoms with van der Waals surface area (Å²) in [6.07, 6.45) is 3.15. The lowest BCUT2D eigenvalue weighted by molar-refractivity contribution is -0.137. The van der Waals surface area contributed by atoms with Crippen LogP contribution in [0.5, 0.6) is 5.75 Å². The number of benzene rings is 2. The lowest BCUT2D eigenvalue weighted by atomic mass is 10.0. The van der Waals surface area contributed by atoms with E-state index >= 15 is 0 Å². The summed E-state index contributed by atoms with van der Waals surface area (Å²) in [6.45, 7) is 2.16. The molecule has 0 fully saturated rings. The Bertz CT molecular complexity index is 982. The van der Waals surface area contributed by atoms with Gasteiger partial charge in [0, 0.05) is 11.1 Å². The largest absolute Gasteiger partial charge is 0.484 e. The standard InChI is InChI=1S/C26H26F3NO2/c1-2-3-4-5-6-25(21-9-7-19(18-31)8-10-21)32-23-15-16-24(30-17-23)20-11-13-22(14-12-20)26(27,28)29/h7-18,25H,2-6H2,1H3. The summed E-state index contributed by atoms with van der Waals surface area (Å²) < 4.78 is 44.5. The van der Waals surface area contributed by atoms with Crippen molar-refractivity contribution in [3.63, 3.8) is 0 Å². The lowest BCUT2D eigenvalue weighted by Crippen LogP contribution is -2.08. The summed E-state index contributed by atoms with van der Waals surface area (Å²) in [5.74, 6) is 0.584. The minimum absolute atomic E-state index is 0.175. The van der Waals surface area contributed by atoms with E-state index in [1.165, 1.54) is 18.6 Å². The number of ether oxygens (including phenoxy) is 1. The first-order valence-corrected chi connectivity index (χ1v) is 10.8. The molecule has 1 unspecified atom stereocenters. The molecule has 0 amide bonds. The average Bonchev–Trinajstić information content (AvgIpc) is 2.81. The molecule has 0 N–H and O–H groups in total. The van der Waals surface area contributed by atoms with E-state index in [9.17, 15) is 18.0 Å². The Kier molecular flexibility index (Phi) is 8.03. The van der Waals surface area contributed by atoms with Gasteiger partial charge in [-0.25, -0.2) is 0 Å². The number of halogens is 3. The fourth-order valence-electron chi connectivity index (χ4n) is 3.45. The second-order valence-electron chi connectivity index (χ2n) is 7.69. The zero-order chi connectivity index (χ0) is 23.0. The van der Waals surface area contributed by atoms with Gasteiger partial charge in [0.2, 0.25) is 0 Å². The Hall–Kier alpha value is -3.15. The molecule has 6 heteroatoms. The van der Waals surface area contributed by atoms with Gasteiger partial charge in [0.25, 0.3) is 0 Å². The van der Waals surface area contributed by atoms with E-state index in [4.69, 9.17) is 4.74 Å². The number of hydrogen-bond acceptors (Lipinski definition) is 3. The van der Waals surface area contributed by atoms with Gasteiger partial charge < -0.3 is 4.74 Å². The van der Waals surface area contributed by atoms with Crippen molar-refractivity contribution in [1.82, 2.24) is 4.98 Å². The van der Waals surface area contributed by atoms with Crippen LogP contribution in [0.25, 0.3) is 11.3 Å². The van der Waals surface area contributed by atoms with E-state index in [1.54, 1.807) is 30.5 Å². The van der Waals surface area contributed by atoms with Crippen molar-refractivity contribution in [1.29, 1.82) is 0 Å². The normalized spacial score (nSPS) is 12.4. The maximum absolute atomic E-state index is 12.8. The first kappa shape index (κ1) is 23.5. The highest BCUT2D eigenvalue weighted by atomic mass is 19.4. The predicted molar refractivity (Wildman–Crippen MR) is 119 cm³/mol. The van der Waals surface area contributed by atoms with Crippen LogP contribution in [0.3, 0.4) is 0 Å². The van der Waals surface area contributed by atoms with Crippen molar-refractivity contribution in [3.8, 4) is 17.0 Å². The first-order chi connectivity index (χ1) is 15.4. The van der Waals surface area contributed by atoms with Crippen molar-refractivity contribution in [2.24, 2.45) is 0 Å². The van der Waals surface area contributed by atoms with Crippen LogP contribution in [-0.4, -0.2) is 11.3 Å². The number of aromatic nitrogens is 1. The van der Waals surface area contributed by atoms with E-state index in [0.29, 0.717) is 22.6 Å². The van der Waals surface area contributed by atoms with Crippen molar-refractivity contribution in [2.45, 2.75) is 51.3 Å². The third-order valence-corrected chi connectivity index (χ3v) is 5.29. The van der Waals surface area contributed by atoms with E-state index in [-0.39, 0.29) is 6.10 Å². The van der Waals surface area contributed by atoms with Crippen LogP contribution in [0, 0.1) is 0 Å². The number of carbonyl (C=O) groups excluding carboxylic acids is 1. The molecule has 0 spiro atoms. The van der Waals surface area contributed by atoms with Crippen molar-refractivity contribution >= 4 is 6.29 Å². The molecule has 1 heterocycles. The van der Waals surface area contributed by atoms with Gasteiger partial charge in [0.1, 0.15) is 18.1 Å². The molecular weight excluding hydrogens is 415 g/mol. The molecular formula is C26H26F3NO2. The monoisotopic (exact) mass is 441 g/mol. The molecule has 3 rings (SSSR count). The number of nitrogens with zero attached hydrogens (tertiary/aromatic N) is 1. The van der Waals surface area contributed by atoms with Crippen molar-refractivity contribution in [2.75, 3.05) is 0 Å². The number of pyridine rings is 1. The number of carbonyl (C=O) groups is 1. The summed E-state index contributed by atoms with van der Waals surface area (Å²) >= 11 is 0. The maximum atomic E-state index is 12.8. The second kappa shape index (κ2) is 10.9. The Labute approximate surface area is 186 Å². The van der Waals surface area contributed by atoms with Crippen LogP contribution in [0.4, 0.5) is 13.2 Å². The number of hydrogen-bond donors (Lipinski definition) is 0. The predicted octanol–water partition coefficient (Wildman–Crippen LogP) is 7.67. The maximum Gasteiger partial charge on any atom is 0.416 e. The molecule has 0 radical (unpaired) electrons. The van der Waals surface area contributed by atoms with Crippen LogP contribution in [0.2, 0.25) is 0 Å². The quantitative estimate of drug-likeness (QED) is 0.239. The summed E-state index contributed by atoms with van der Waals surface area (Å²) in [4.78, 5) is 15.3. The zero-order valence-corrected chi connectivity index (χ0v) is 17.9. The van der Waals surface area contributed by atoms with Crippen LogP contribution < -0.4 is 4.74 Å². The van der Waals surface area contributed by atoms with Gasteiger partial charge in [-0.1, -0.05) is 62.6 Å². The third kappa shape index (κ3) is 6.42. The number of alkyl halides is 3. The molecule has 0 aliphatic rings. The summed E-state index contributed by atoms with van der Waals surface area (Å²) in [6, 6.07) is 15.8. The number of aldehydes is 1. The Morgan fingerprint density at radius 3 is 2.22 bits per heavy atom. The Balaban J connectivity index is 1.73. The highest BCUT2D eigenvalue weighted by Gasteiger charge is 2.30. The minimum atomic E-state index is -4.36. The van der Waals surface area contributed by atoms with Gasteiger partial charge in [-0.2, -0.15) is 13.2 Å². The smallest absolute Gasteiger partial charge is 0.416 e. The Morgan fingerprint density at radius 1 is 0.938 bits per heavy atom. The van der Waals surface area contributed by atoms with Gasteiger partial charge in [-0.3, -0.25) is 9.78 Å². The average molecular weight is 441 g/mol. The summed E-state index contributed by atoms with van der Waals surface area (Å²) in [7, 11) is 0. The van der Waals surface area contributed by atoms with E-state index in [0.717, 1.165) is 49.7 Å². The molecule has 0 aliphatic carbocycles. The molecule has 0 aliphatic heterocycles. The highest BCUT2D eigenvalue weighted by Crippen LogP contribution is 2.31. The van der Waals surface area contributed by atoms with Crippen molar-refractivity contribution in [3.05, 3.63) is 83.6 Å². The fraction of sp³-hybridized carbons (Fsp3) is 0.308. The van der Waals surface area contributed by atoms with Gasteiger partial charge in [0.15, 0.2) is 0 Å². The van der Waals surface area contributed by atoms with Crippen LogP contribution in [0.1, 0.15) is 66.6 Å². The molecule has 168 valence electrons. The fourth-order valence-corrected chi connectivity index (χ4v) is 3.45. The van der Waals surface area contributed by atoms with Crippen LogP contribution in [0.15, 0.2) is 66.9 Å². The Morgan fingerprint density at radius 2 is 1.66 bits per heavy atom. The van der Waals surface area contributed by atoms with Gasteiger partial charge in [-0.15, -0.1) is 0 Å². The molecule has 0 bridgehead atoms. The molecule has 1 aromatic heterocycles.